The summed E-state index contributed by atoms with van der Waals surface area (Å²) in [5.41, 5.74) is 1.39. The third-order valence-electron chi connectivity index (χ3n) is 2.74. The van der Waals surface area contributed by atoms with Gasteiger partial charge in [-0.05, 0) is 12.5 Å². The standard InChI is InChI=1S/C14H14N2O4/c1-9-7-12(20-16-9)13(17)15-11(14(18)19)8-10-5-3-2-4-6-10/h2-7,11H,8H2,1H3,(H,15,17)(H,18,19)/t11-/m1/s1. The average Bonchev–Trinajstić information content (AvgIpc) is 2.86. The zero-order valence-corrected chi connectivity index (χ0v) is 10.9. The minimum Gasteiger partial charge on any atom is -0.480 e. The van der Waals surface area contributed by atoms with Crippen molar-refractivity contribution in [2.24, 2.45) is 0 Å². The Morgan fingerprint density at radius 1 is 1.35 bits per heavy atom. The molecule has 0 spiro atoms. The molecule has 0 bridgehead atoms. The highest BCUT2D eigenvalue weighted by molar-refractivity contribution is 5.94. The fraction of sp³-hybridized carbons (Fsp3) is 0.214. The van der Waals surface area contributed by atoms with Crippen molar-refractivity contribution in [1.29, 1.82) is 0 Å². The first-order chi connectivity index (χ1) is 9.56. The highest BCUT2D eigenvalue weighted by Gasteiger charge is 2.22. The quantitative estimate of drug-likeness (QED) is 0.860. The Balaban J connectivity index is 2.06. The van der Waals surface area contributed by atoms with Gasteiger partial charge < -0.3 is 14.9 Å². The minimum atomic E-state index is -1.10. The van der Waals surface area contributed by atoms with E-state index in [0.29, 0.717) is 5.69 Å². The SMILES string of the molecule is Cc1cc(C(=O)N[C@H](Cc2ccccc2)C(=O)O)on1. The van der Waals surface area contributed by atoms with Gasteiger partial charge in [-0.25, -0.2) is 4.79 Å². The smallest absolute Gasteiger partial charge is 0.326 e. The first-order valence-electron chi connectivity index (χ1n) is 6.07. The number of carboxylic acids is 1. The summed E-state index contributed by atoms with van der Waals surface area (Å²) in [5.74, 6) is -1.69. The van der Waals surface area contributed by atoms with E-state index < -0.39 is 17.9 Å². The molecule has 0 unspecified atom stereocenters. The summed E-state index contributed by atoms with van der Waals surface area (Å²) in [6.45, 7) is 1.68. The number of amides is 1. The lowest BCUT2D eigenvalue weighted by Gasteiger charge is -2.13. The van der Waals surface area contributed by atoms with Crippen LogP contribution in [-0.4, -0.2) is 28.2 Å². The van der Waals surface area contributed by atoms with E-state index in [2.05, 4.69) is 10.5 Å². The Morgan fingerprint density at radius 3 is 2.60 bits per heavy atom. The summed E-state index contributed by atoms with van der Waals surface area (Å²) in [5, 5.41) is 15.2. The Bertz CT molecular complexity index is 607. The van der Waals surface area contributed by atoms with E-state index in [0.717, 1.165) is 5.56 Å². The molecule has 104 valence electrons. The predicted octanol–water partition coefficient (Wildman–Crippen LogP) is 1.41. The first-order valence-corrected chi connectivity index (χ1v) is 6.07. The molecule has 0 saturated carbocycles. The van der Waals surface area contributed by atoms with Crippen LogP contribution in [0.1, 0.15) is 21.8 Å². The maximum absolute atomic E-state index is 11.9. The number of rotatable bonds is 5. The zero-order chi connectivity index (χ0) is 14.5. The molecule has 0 fully saturated rings. The molecule has 20 heavy (non-hydrogen) atoms. The number of hydrogen-bond acceptors (Lipinski definition) is 4. The van der Waals surface area contributed by atoms with Crippen molar-refractivity contribution in [3.8, 4) is 0 Å². The lowest BCUT2D eigenvalue weighted by molar-refractivity contribution is -0.139. The van der Waals surface area contributed by atoms with Crippen LogP contribution in [0.5, 0.6) is 0 Å². The number of aryl methyl sites for hydroxylation is 1. The molecule has 1 aromatic carbocycles. The summed E-state index contributed by atoms with van der Waals surface area (Å²) in [4.78, 5) is 23.1. The number of hydrogen-bond donors (Lipinski definition) is 2. The molecular formula is C14H14N2O4. The number of nitrogens with one attached hydrogen (secondary N) is 1. The second-order valence-electron chi connectivity index (χ2n) is 4.39. The highest BCUT2D eigenvalue weighted by Crippen LogP contribution is 2.06. The van der Waals surface area contributed by atoms with Gasteiger partial charge in [0.2, 0.25) is 5.76 Å². The number of carbonyl (C=O) groups is 2. The summed E-state index contributed by atoms with van der Waals surface area (Å²) in [6.07, 6.45) is 0.203. The van der Waals surface area contributed by atoms with Gasteiger partial charge in [-0.2, -0.15) is 0 Å². The Labute approximate surface area is 115 Å². The summed E-state index contributed by atoms with van der Waals surface area (Å²) in [6, 6.07) is 9.52. The number of aliphatic carboxylic acids is 1. The Kier molecular flexibility index (Phi) is 4.14. The number of carboxylic acid groups (broad SMARTS) is 1. The van der Waals surface area contributed by atoms with E-state index in [1.54, 1.807) is 19.1 Å². The number of carbonyl (C=O) groups excluding carboxylic acids is 1. The lowest BCUT2D eigenvalue weighted by Crippen LogP contribution is -2.42. The van der Waals surface area contributed by atoms with E-state index in [1.165, 1.54) is 6.07 Å². The maximum atomic E-state index is 11.9. The van der Waals surface area contributed by atoms with Gasteiger partial charge in [0.25, 0.3) is 5.91 Å². The number of aromatic nitrogens is 1. The maximum Gasteiger partial charge on any atom is 0.326 e. The normalized spacial score (nSPS) is 11.8. The highest BCUT2D eigenvalue weighted by atomic mass is 16.5. The van der Waals surface area contributed by atoms with Crippen molar-refractivity contribution in [1.82, 2.24) is 10.5 Å². The molecule has 0 radical (unpaired) electrons. The molecular weight excluding hydrogens is 260 g/mol. The van der Waals surface area contributed by atoms with Crippen LogP contribution in [0, 0.1) is 6.92 Å². The predicted molar refractivity (Wildman–Crippen MR) is 70.3 cm³/mol. The van der Waals surface area contributed by atoms with Gasteiger partial charge >= 0.3 is 5.97 Å². The average molecular weight is 274 g/mol. The van der Waals surface area contributed by atoms with Crippen LogP contribution in [0.25, 0.3) is 0 Å². The molecule has 0 aliphatic rings. The largest absolute Gasteiger partial charge is 0.480 e. The topological polar surface area (TPSA) is 92.4 Å². The van der Waals surface area contributed by atoms with Gasteiger partial charge in [0.15, 0.2) is 0 Å². The van der Waals surface area contributed by atoms with Gasteiger partial charge in [-0.3, -0.25) is 4.79 Å². The molecule has 2 N–H and O–H groups in total. The lowest BCUT2D eigenvalue weighted by atomic mass is 10.1. The summed E-state index contributed by atoms with van der Waals surface area (Å²) < 4.78 is 4.80. The van der Waals surface area contributed by atoms with Crippen molar-refractivity contribution in [3.05, 3.63) is 53.4 Å². The van der Waals surface area contributed by atoms with Gasteiger partial charge in [-0.1, -0.05) is 35.5 Å². The third kappa shape index (κ3) is 3.44. The van der Waals surface area contributed by atoms with E-state index >= 15 is 0 Å². The Hall–Kier alpha value is -2.63. The first kappa shape index (κ1) is 13.8. The second-order valence-corrected chi connectivity index (χ2v) is 4.39. The van der Waals surface area contributed by atoms with Crippen molar-refractivity contribution < 1.29 is 19.2 Å². The third-order valence-corrected chi connectivity index (χ3v) is 2.74. The van der Waals surface area contributed by atoms with E-state index in [1.807, 2.05) is 18.2 Å². The number of benzene rings is 1. The van der Waals surface area contributed by atoms with E-state index in [4.69, 9.17) is 4.52 Å². The molecule has 6 nitrogen and oxygen atoms in total. The van der Waals surface area contributed by atoms with Crippen molar-refractivity contribution in [2.75, 3.05) is 0 Å². The molecule has 0 aliphatic heterocycles. The zero-order valence-electron chi connectivity index (χ0n) is 10.9. The summed E-state index contributed by atoms with van der Waals surface area (Å²) >= 11 is 0. The van der Waals surface area contributed by atoms with Crippen LogP contribution in [0.2, 0.25) is 0 Å². The molecule has 6 heteroatoms. The fourth-order valence-corrected chi connectivity index (χ4v) is 1.75. The van der Waals surface area contributed by atoms with Gasteiger partial charge in [0, 0.05) is 12.5 Å². The molecule has 1 aromatic heterocycles. The fourth-order valence-electron chi connectivity index (χ4n) is 1.75. The van der Waals surface area contributed by atoms with Crippen LogP contribution in [0.15, 0.2) is 40.9 Å². The molecule has 1 amide bonds. The van der Waals surface area contributed by atoms with Crippen LogP contribution in [0.4, 0.5) is 0 Å². The van der Waals surface area contributed by atoms with Crippen molar-refractivity contribution in [3.63, 3.8) is 0 Å². The minimum absolute atomic E-state index is 0.00168. The van der Waals surface area contributed by atoms with Crippen molar-refractivity contribution in [2.45, 2.75) is 19.4 Å². The van der Waals surface area contributed by atoms with Crippen molar-refractivity contribution >= 4 is 11.9 Å². The van der Waals surface area contributed by atoms with Crippen LogP contribution < -0.4 is 5.32 Å². The number of nitrogens with zero attached hydrogens (tertiary/aromatic N) is 1. The van der Waals surface area contributed by atoms with Crippen LogP contribution in [0.3, 0.4) is 0 Å². The Morgan fingerprint density at radius 2 is 2.05 bits per heavy atom. The second kappa shape index (κ2) is 6.01. The van der Waals surface area contributed by atoms with E-state index in [-0.39, 0.29) is 12.2 Å². The van der Waals surface area contributed by atoms with Gasteiger partial charge in [0.05, 0.1) is 5.69 Å². The van der Waals surface area contributed by atoms with Crippen LogP contribution in [-0.2, 0) is 11.2 Å². The van der Waals surface area contributed by atoms with Gasteiger partial charge in [0.1, 0.15) is 6.04 Å². The molecule has 1 atom stereocenters. The van der Waals surface area contributed by atoms with E-state index in [9.17, 15) is 14.7 Å². The molecule has 0 saturated heterocycles. The summed E-state index contributed by atoms with van der Waals surface area (Å²) in [7, 11) is 0. The molecule has 2 aromatic rings. The molecule has 2 rings (SSSR count). The molecule has 0 aliphatic carbocycles. The molecule has 1 heterocycles. The van der Waals surface area contributed by atoms with Crippen LogP contribution >= 0.6 is 0 Å². The van der Waals surface area contributed by atoms with Gasteiger partial charge in [-0.15, -0.1) is 0 Å². The monoisotopic (exact) mass is 274 g/mol.